The normalized spacial score (nSPS) is 22.8. The van der Waals surface area contributed by atoms with Gasteiger partial charge in [0.05, 0.1) is 5.02 Å². The lowest BCUT2D eigenvalue weighted by atomic mass is 9.62. The van der Waals surface area contributed by atoms with Gasteiger partial charge in [0.1, 0.15) is 17.0 Å². The van der Waals surface area contributed by atoms with Gasteiger partial charge in [0, 0.05) is 53.3 Å². The maximum Gasteiger partial charge on any atom is 0.158 e. The van der Waals surface area contributed by atoms with Crippen molar-refractivity contribution in [3.63, 3.8) is 0 Å². The molecule has 37 heavy (non-hydrogen) atoms. The van der Waals surface area contributed by atoms with Crippen molar-refractivity contribution in [3.05, 3.63) is 58.9 Å². The first-order valence-corrected chi connectivity index (χ1v) is 12.9. The van der Waals surface area contributed by atoms with Gasteiger partial charge in [-0.1, -0.05) is 35.9 Å². The summed E-state index contributed by atoms with van der Waals surface area (Å²) in [7, 11) is 4.13. The maximum absolute atomic E-state index is 16.6. The Bertz CT molecular complexity index is 1640. The first-order valence-electron chi connectivity index (χ1n) is 12.6. The second-order valence-electron chi connectivity index (χ2n) is 10.9. The largest absolute Gasteiger partial charge is 0.508 e. The van der Waals surface area contributed by atoms with Crippen molar-refractivity contribution in [2.24, 2.45) is 10.7 Å². The van der Waals surface area contributed by atoms with Crippen molar-refractivity contribution in [1.29, 1.82) is 0 Å². The van der Waals surface area contributed by atoms with Crippen LogP contribution in [-0.2, 0) is 5.41 Å². The van der Waals surface area contributed by atoms with Gasteiger partial charge in [0.25, 0.3) is 0 Å². The zero-order valence-electron chi connectivity index (χ0n) is 20.7. The molecule has 0 atom stereocenters. The third-order valence-corrected chi connectivity index (χ3v) is 8.63. The minimum Gasteiger partial charge on any atom is -0.508 e. The monoisotopic (exact) mass is 515 g/mol. The quantitative estimate of drug-likeness (QED) is 0.383. The number of fused-ring (bicyclic) bond motifs is 5. The summed E-state index contributed by atoms with van der Waals surface area (Å²) in [4.78, 5) is 14.1. The molecule has 2 aliphatic heterocycles. The molecule has 3 heterocycles. The highest BCUT2D eigenvalue weighted by atomic mass is 35.5. The molecule has 1 saturated heterocycles. The molecule has 3 aromatic carbocycles. The van der Waals surface area contributed by atoms with Crippen LogP contribution in [0.15, 0.2) is 47.5 Å². The number of halogens is 2. The van der Waals surface area contributed by atoms with Crippen molar-refractivity contribution in [2.45, 2.75) is 30.3 Å². The van der Waals surface area contributed by atoms with Crippen LogP contribution in [-0.4, -0.2) is 60.5 Å². The molecule has 1 spiro atoms. The molecular formula is C29H27ClFN5O. The molecule has 188 valence electrons. The Hall–Kier alpha value is -3.26. The summed E-state index contributed by atoms with van der Waals surface area (Å²) in [5.41, 5.74) is 8.77. The van der Waals surface area contributed by atoms with Gasteiger partial charge in [0.15, 0.2) is 11.6 Å². The maximum atomic E-state index is 16.6. The number of likely N-dealkylation sites (N-methyl/N-ethyl adjacent to an activating group) is 1. The van der Waals surface area contributed by atoms with Crippen LogP contribution < -0.4 is 10.6 Å². The second kappa shape index (κ2) is 7.87. The summed E-state index contributed by atoms with van der Waals surface area (Å²) in [6, 6.07) is 13.1. The van der Waals surface area contributed by atoms with Crippen LogP contribution in [0.3, 0.4) is 0 Å². The number of aliphatic imine (C=N–C) groups is 1. The van der Waals surface area contributed by atoms with Gasteiger partial charge in [-0.3, -0.25) is 4.99 Å². The van der Waals surface area contributed by atoms with E-state index < -0.39 is 5.82 Å². The number of hydrogen-bond acceptors (Lipinski definition) is 6. The van der Waals surface area contributed by atoms with E-state index in [1.54, 1.807) is 12.1 Å². The van der Waals surface area contributed by atoms with Crippen LogP contribution in [0.5, 0.6) is 5.75 Å². The Morgan fingerprint density at radius 3 is 2.62 bits per heavy atom. The second-order valence-corrected chi connectivity index (χ2v) is 11.3. The Balaban J connectivity index is 1.49. The van der Waals surface area contributed by atoms with E-state index >= 15 is 4.39 Å². The highest BCUT2D eigenvalue weighted by Crippen LogP contribution is 2.55. The number of nitrogens with two attached hydrogens (primary N) is 1. The molecule has 1 aromatic heterocycles. The highest BCUT2D eigenvalue weighted by molar-refractivity contribution is 6.35. The average molecular weight is 516 g/mol. The smallest absolute Gasteiger partial charge is 0.158 e. The van der Waals surface area contributed by atoms with E-state index in [4.69, 9.17) is 27.3 Å². The van der Waals surface area contributed by atoms with Gasteiger partial charge >= 0.3 is 0 Å². The predicted molar refractivity (Wildman–Crippen MR) is 148 cm³/mol. The molecule has 8 heteroatoms. The van der Waals surface area contributed by atoms with Crippen molar-refractivity contribution in [2.75, 3.05) is 32.1 Å². The molecule has 1 saturated carbocycles. The minimum absolute atomic E-state index is 0.0537. The topological polar surface area (TPSA) is 78.0 Å². The number of phenols is 1. The van der Waals surface area contributed by atoms with Gasteiger partial charge < -0.3 is 20.6 Å². The number of rotatable bonds is 3. The van der Waals surface area contributed by atoms with Crippen LogP contribution in [0.2, 0.25) is 5.02 Å². The zero-order chi connectivity index (χ0) is 25.6. The van der Waals surface area contributed by atoms with Gasteiger partial charge in [-0.2, -0.15) is 0 Å². The Morgan fingerprint density at radius 2 is 1.89 bits per heavy atom. The summed E-state index contributed by atoms with van der Waals surface area (Å²) in [5, 5.41) is 13.0. The number of phenolic OH excluding ortho intramolecular Hbond substituents is 1. The summed E-state index contributed by atoms with van der Waals surface area (Å²) >= 11 is 6.84. The molecule has 3 aliphatic rings. The first-order chi connectivity index (χ1) is 17.8. The molecular weight excluding hydrogens is 489 g/mol. The summed E-state index contributed by atoms with van der Waals surface area (Å²) in [5.74, 6) is 0.276. The van der Waals surface area contributed by atoms with Crippen LogP contribution >= 0.6 is 11.6 Å². The van der Waals surface area contributed by atoms with E-state index in [0.29, 0.717) is 22.8 Å². The number of nitrogens with zero attached hydrogens (tertiary/aromatic N) is 4. The lowest BCUT2D eigenvalue weighted by molar-refractivity contribution is 0.246. The minimum atomic E-state index is -0.488. The van der Waals surface area contributed by atoms with E-state index in [1.165, 1.54) is 0 Å². The van der Waals surface area contributed by atoms with Crippen molar-refractivity contribution in [3.8, 4) is 16.9 Å². The molecule has 4 aromatic rings. The molecule has 0 bridgehead atoms. The van der Waals surface area contributed by atoms with E-state index in [1.807, 2.05) is 36.5 Å². The van der Waals surface area contributed by atoms with Gasteiger partial charge in [-0.05, 0) is 61.5 Å². The SMILES string of the molecule is CN(C)C1CN(c2nc3c(F)c(-c4cc(O)cc5ccccc45)c(Cl)cc3c3c2N=CC32CC(N)C2)C1. The number of pyridine rings is 1. The molecule has 6 nitrogen and oxygen atoms in total. The van der Waals surface area contributed by atoms with Crippen LogP contribution in [0.4, 0.5) is 15.9 Å². The first kappa shape index (κ1) is 22.9. The van der Waals surface area contributed by atoms with Crippen molar-refractivity contribution >= 4 is 51.0 Å². The lowest BCUT2D eigenvalue weighted by Crippen LogP contribution is -2.57. The number of aromatic nitrogens is 1. The van der Waals surface area contributed by atoms with Crippen molar-refractivity contribution in [1.82, 2.24) is 9.88 Å². The molecule has 0 amide bonds. The summed E-state index contributed by atoms with van der Waals surface area (Å²) in [6.45, 7) is 1.61. The highest BCUT2D eigenvalue weighted by Gasteiger charge is 2.49. The summed E-state index contributed by atoms with van der Waals surface area (Å²) in [6.07, 6.45) is 3.51. The predicted octanol–water partition coefficient (Wildman–Crippen LogP) is 5.38. The number of anilines is 1. The number of hydrogen-bond donors (Lipinski definition) is 2. The number of benzene rings is 3. The van der Waals surface area contributed by atoms with Gasteiger partial charge in [-0.25, -0.2) is 9.37 Å². The summed E-state index contributed by atoms with van der Waals surface area (Å²) < 4.78 is 16.6. The molecule has 0 radical (unpaired) electrons. The fourth-order valence-corrected chi connectivity index (χ4v) is 6.59. The Labute approximate surface area is 219 Å². The van der Waals surface area contributed by atoms with E-state index in [9.17, 15) is 5.11 Å². The molecule has 1 aliphatic carbocycles. The fourth-order valence-electron chi connectivity index (χ4n) is 6.30. The average Bonchev–Trinajstić information content (AvgIpc) is 3.19. The van der Waals surface area contributed by atoms with E-state index in [-0.39, 0.29) is 33.3 Å². The zero-order valence-corrected chi connectivity index (χ0v) is 21.4. The third kappa shape index (κ3) is 3.24. The Kier molecular flexibility index (Phi) is 4.87. The molecule has 0 unspecified atom stereocenters. The lowest BCUT2D eigenvalue weighted by Gasteiger charge is -2.45. The van der Waals surface area contributed by atoms with Gasteiger partial charge in [-0.15, -0.1) is 0 Å². The molecule has 2 fully saturated rings. The van der Waals surface area contributed by atoms with Crippen LogP contribution in [0.1, 0.15) is 18.4 Å². The van der Waals surface area contributed by atoms with E-state index in [2.05, 4.69) is 23.9 Å². The van der Waals surface area contributed by atoms with E-state index in [0.717, 1.165) is 48.0 Å². The molecule has 7 rings (SSSR count). The standard InChI is InChI=1S/C29H27ClFN5O/c1-35(2)17-12-36(13-17)28-27-24(29(14-33-27)10-16(32)11-29)21-9-22(30)23(25(31)26(21)34-28)20-8-18(37)7-15-5-3-4-6-19(15)20/h3-9,14,16-17,37H,10-13,32H2,1-2H3. The third-order valence-electron chi connectivity index (χ3n) is 8.33. The number of aromatic hydroxyl groups is 1. The van der Waals surface area contributed by atoms with Gasteiger partial charge in [0.2, 0.25) is 0 Å². The van der Waals surface area contributed by atoms with Crippen LogP contribution in [0, 0.1) is 5.82 Å². The molecule has 3 N–H and O–H groups in total. The Morgan fingerprint density at radius 1 is 1.14 bits per heavy atom. The van der Waals surface area contributed by atoms with Crippen LogP contribution in [0.25, 0.3) is 32.8 Å². The fraction of sp³-hybridized carbons (Fsp3) is 0.310. The van der Waals surface area contributed by atoms with Crippen molar-refractivity contribution < 1.29 is 9.50 Å².